The van der Waals surface area contributed by atoms with E-state index < -0.39 is 5.54 Å². The lowest BCUT2D eigenvalue weighted by molar-refractivity contribution is 0.0920. The van der Waals surface area contributed by atoms with Gasteiger partial charge in [-0.2, -0.15) is 5.26 Å². The van der Waals surface area contributed by atoms with E-state index in [1.807, 2.05) is 13.8 Å². The molecule has 0 bridgehead atoms. The maximum absolute atomic E-state index is 12.4. The first-order valence-corrected chi connectivity index (χ1v) is 7.58. The highest BCUT2D eigenvalue weighted by molar-refractivity contribution is 5.95. The monoisotopic (exact) mass is 302 g/mol. The third kappa shape index (κ3) is 3.51. The van der Waals surface area contributed by atoms with Crippen molar-refractivity contribution in [2.45, 2.75) is 51.2 Å². The highest BCUT2D eigenvalue weighted by atomic mass is 16.5. The van der Waals surface area contributed by atoms with Gasteiger partial charge in [0.1, 0.15) is 5.54 Å². The Morgan fingerprint density at radius 3 is 2.55 bits per heavy atom. The number of hydrogen-bond donors (Lipinski definition) is 1. The highest BCUT2D eigenvalue weighted by Gasteiger charge is 2.35. The number of benzene rings is 1. The van der Waals surface area contributed by atoms with Gasteiger partial charge in [0, 0.05) is 5.56 Å². The van der Waals surface area contributed by atoms with Crippen molar-refractivity contribution in [2.24, 2.45) is 0 Å². The summed E-state index contributed by atoms with van der Waals surface area (Å²) in [5.41, 5.74) is -0.258. The third-order valence-corrected chi connectivity index (χ3v) is 3.81. The Kier molecular flexibility index (Phi) is 4.92. The second kappa shape index (κ2) is 6.69. The first-order valence-electron chi connectivity index (χ1n) is 7.58. The Morgan fingerprint density at radius 1 is 1.32 bits per heavy atom. The smallest absolute Gasteiger partial charge is 0.252 e. The minimum absolute atomic E-state index is 0.0222. The summed E-state index contributed by atoms with van der Waals surface area (Å²) in [5, 5.41) is 12.2. The summed E-state index contributed by atoms with van der Waals surface area (Å²) in [6.45, 7) is 3.85. The molecule has 118 valence electrons. The van der Waals surface area contributed by atoms with Crippen LogP contribution in [0.5, 0.6) is 11.5 Å². The van der Waals surface area contributed by atoms with Crippen LogP contribution in [0, 0.1) is 11.3 Å². The van der Waals surface area contributed by atoms with E-state index in [1.165, 1.54) is 7.11 Å². The minimum atomic E-state index is -0.725. The Morgan fingerprint density at radius 2 is 2.00 bits per heavy atom. The fourth-order valence-electron chi connectivity index (χ4n) is 2.69. The van der Waals surface area contributed by atoms with E-state index in [-0.39, 0.29) is 12.0 Å². The van der Waals surface area contributed by atoms with Crippen LogP contribution in [0.2, 0.25) is 0 Å². The molecule has 0 unspecified atom stereocenters. The summed E-state index contributed by atoms with van der Waals surface area (Å²) in [4.78, 5) is 12.4. The van der Waals surface area contributed by atoms with Crippen molar-refractivity contribution in [3.63, 3.8) is 0 Å². The van der Waals surface area contributed by atoms with Crippen LogP contribution in [-0.2, 0) is 0 Å². The zero-order valence-electron chi connectivity index (χ0n) is 13.3. The fourth-order valence-corrected chi connectivity index (χ4v) is 2.69. The molecular formula is C17H22N2O3. The van der Waals surface area contributed by atoms with Crippen molar-refractivity contribution in [2.75, 3.05) is 7.11 Å². The van der Waals surface area contributed by atoms with Gasteiger partial charge in [0.05, 0.1) is 19.3 Å². The zero-order chi connectivity index (χ0) is 16.2. The molecule has 1 fully saturated rings. The maximum Gasteiger partial charge on any atom is 0.252 e. The van der Waals surface area contributed by atoms with Gasteiger partial charge in [-0.15, -0.1) is 0 Å². The minimum Gasteiger partial charge on any atom is -0.493 e. The summed E-state index contributed by atoms with van der Waals surface area (Å²) in [7, 11) is 1.54. The number of carbonyl (C=O) groups is 1. The molecule has 1 N–H and O–H groups in total. The van der Waals surface area contributed by atoms with E-state index in [1.54, 1.807) is 18.2 Å². The summed E-state index contributed by atoms with van der Waals surface area (Å²) >= 11 is 0. The predicted molar refractivity (Wildman–Crippen MR) is 83.0 cm³/mol. The lowest BCUT2D eigenvalue weighted by Gasteiger charge is -2.22. The number of nitrogens with zero attached hydrogens (tertiary/aromatic N) is 1. The molecule has 0 spiro atoms. The Hall–Kier alpha value is -2.22. The molecular weight excluding hydrogens is 280 g/mol. The Bertz CT molecular complexity index is 584. The molecule has 22 heavy (non-hydrogen) atoms. The van der Waals surface area contributed by atoms with Crippen molar-refractivity contribution in [3.8, 4) is 17.6 Å². The molecule has 0 atom stereocenters. The molecule has 5 heteroatoms. The van der Waals surface area contributed by atoms with E-state index in [0.717, 1.165) is 12.8 Å². The Labute approximate surface area is 131 Å². The van der Waals surface area contributed by atoms with Crippen LogP contribution in [0.3, 0.4) is 0 Å². The highest BCUT2D eigenvalue weighted by Crippen LogP contribution is 2.31. The molecule has 1 aromatic rings. The first kappa shape index (κ1) is 16.2. The fraction of sp³-hybridized carbons (Fsp3) is 0.529. The molecule has 1 saturated carbocycles. The van der Waals surface area contributed by atoms with Gasteiger partial charge in [-0.25, -0.2) is 0 Å². The molecule has 5 nitrogen and oxygen atoms in total. The van der Waals surface area contributed by atoms with E-state index in [9.17, 15) is 10.1 Å². The largest absolute Gasteiger partial charge is 0.493 e. The summed E-state index contributed by atoms with van der Waals surface area (Å²) < 4.78 is 10.9. The van der Waals surface area contributed by atoms with Gasteiger partial charge in [-0.05, 0) is 57.7 Å². The quantitative estimate of drug-likeness (QED) is 0.907. The van der Waals surface area contributed by atoms with Crippen molar-refractivity contribution < 1.29 is 14.3 Å². The summed E-state index contributed by atoms with van der Waals surface area (Å²) in [6.07, 6.45) is 3.38. The van der Waals surface area contributed by atoms with Crippen LogP contribution in [0.1, 0.15) is 49.9 Å². The molecule has 1 aliphatic rings. The molecule has 0 aromatic heterocycles. The number of nitriles is 1. The van der Waals surface area contributed by atoms with E-state index in [2.05, 4.69) is 11.4 Å². The van der Waals surface area contributed by atoms with Gasteiger partial charge >= 0.3 is 0 Å². The average molecular weight is 302 g/mol. The van der Waals surface area contributed by atoms with Crippen molar-refractivity contribution in [1.82, 2.24) is 5.32 Å². The van der Waals surface area contributed by atoms with Gasteiger partial charge in [0.25, 0.3) is 5.91 Å². The van der Waals surface area contributed by atoms with Gasteiger partial charge < -0.3 is 14.8 Å². The first-order chi connectivity index (χ1) is 10.5. The van der Waals surface area contributed by atoms with Crippen LogP contribution in [-0.4, -0.2) is 24.7 Å². The van der Waals surface area contributed by atoms with Gasteiger partial charge in [0.2, 0.25) is 0 Å². The predicted octanol–water partition coefficient (Wildman–Crippen LogP) is 3.05. The molecule has 0 aliphatic heterocycles. The van der Waals surface area contributed by atoms with Crippen LogP contribution in [0.4, 0.5) is 0 Å². The summed E-state index contributed by atoms with van der Waals surface area (Å²) in [6, 6.07) is 7.32. The van der Waals surface area contributed by atoms with Gasteiger partial charge in [-0.1, -0.05) is 0 Å². The lowest BCUT2D eigenvalue weighted by Crippen LogP contribution is -2.45. The molecule has 0 saturated heterocycles. The number of nitrogens with one attached hydrogen (secondary N) is 1. The number of ether oxygens (including phenoxy) is 2. The number of amides is 1. The molecule has 0 radical (unpaired) electrons. The van der Waals surface area contributed by atoms with Crippen LogP contribution >= 0.6 is 0 Å². The zero-order valence-corrected chi connectivity index (χ0v) is 13.3. The second-order valence-electron chi connectivity index (χ2n) is 5.89. The van der Waals surface area contributed by atoms with Crippen LogP contribution in [0.25, 0.3) is 0 Å². The average Bonchev–Trinajstić information content (AvgIpc) is 2.96. The SMILES string of the molecule is COc1cc(C(=O)NC2(C#N)CCCC2)ccc1OC(C)C. The molecule has 2 rings (SSSR count). The van der Waals surface area contributed by atoms with Crippen LogP contribution in [0.15, 0.2) is 18.2 Å². The van der Waals surface area contributed by atoms with Crippen molar-refractivity contribution in [3.05, 3.63) is 23.8 Å². The van der Waals surface area contributed by atoms with Crippen molar-refractivity contribution in [1.29, 1.82) is 5.26 Å². The number of methoxy groups -OCH3 is 1. The molecule has 1 aliphatic carbocycles. The van der Waals surface area contributed by atoms with E-state index in [4.69, 9.17) is 9.47 Å². The van der Waals surface area contributed by atoms with Crippen LogP contribution < -0.4 is 14.8 Å². The van der Waals surface area contributed by atoms with E-state index >= 15 is 0 Å². The van der Waals surface area contributed by atoms with Crippen molar-refractivity contribution >= 4 is 5.91 Å². The lowest BCUT2D eigenvalue weighted by atomic mass is 9.99. The van der Waals surface area contributed by atoms with Gasteiger partial charge in [0.15, 0.2) is 11.5 Å². The number of rotatable bonds is 5. The molecule has 1 amide bonds. The normalized spacial score (nSPS) is 16.1. The topological polar surface area (TPSA) is 71.3 Å². The van der Waals surface area contributed by atoms with Gasteiger partial charge in [-0.3, -0.25) is 4.79 Å². The molecule has 0 heterocycles. The standard InChI is InChI=1S/C17H22N2O3/c1-12(2)22-14-7-6-13(10-15(14)21-3)16(20)19-17(11-18)8-4-5-9-17/h6-7,10,12H,4-5,8-9H2,1-3H3,(H,19,20). The maximum atomic E-state index is 12.4. The molecule has 1 aromatic carbocycles. The third-order valence-electron chi connectivity index (χ3n) is 3.81. The van der Waals surface area contributed by atoms with E-state index in [0.29, 0.717) is 29.9 Å². The number of hydrogen-bond acceptors (Lipinski definition) is 4. The second-order valence-corrected chi connectivity index (χ2v) is 5.89. The Balaban J connectivity index is 2.18. The number of carbonyl (C=O) groups excluding carboxylic acids is 1. The summed E-state index contributed by atoms with van der Waals surface area (Å²) in [5.74, 6) is 0.863.